The quantitative estimate of drug-likeness (QED) is 0.140. The number of piperazine rings is 1. The Kier molecular flexibility index (Phi) is 7.52. The third-order valence-corrected chi connectivity index (χ3v) is 5.72. The number of nitrogens with two attached hydrogens (primary N) is 3. The number of aliphatic imine (C=N–C) groups is 1. The molecule has 32 heavy (non-hydrogen) atoms. The predicted octanol–water partition coefficient (Wildman–Crippen LogP) is -1.71. The number of amides is 3. The van der Waals surface area contributed by atoms with Gasteiger partial charge in [-0.15, -0.1) is 0 Å². The summed E-state index contributed by atoms with van der Waals surface area (Å²) < 4.78 is 0. The molecular formula is C21H31N7O4. The van der Waals surface area contributed by atoms with Gasteiger partial charge in [-0.3, -0.25) is 24.3 Å². The summed E-state index contributed by atoms with van der Waals surface area (Å²) in [5.41, 5.74) is 16.9. The maximum Gasteiger partial charge on any atom is 0.244 e. The normalized spacial score (nSPS) is 21.9. The molecule has 1 saturated carbocycles. The molecule has 0 unspecified atom stereocenters. The average Bonchev–Trinajstić information content (AvgIpc) is 3.57. The van der Waals surface area contributed by atoms with Crippen molar-refractivity contribution in [3.8, 4) is 5.75 Å². The first kappa shape index (κ1) is 23.3. The lowest BCUT2D eigenvalue weighted by Crippen LogP contribution is -2.66. The highest BCUT2D eigenvalue weighted by Crippen LogP contribution is 2.31. The molecule has 9 N–H and O–H groups in total. The van der Waals surface area contributed by atoms with Crippen LogP contribution in [0.1, 0.15) is 31.2 Å². The molecule has 0 bridgehead atoms. The van der Waals surface area contributed by atoms with Crippen molar-refractivity contribution in [3.05, 3.63) is 29.8 Å². The minimum atomic E-state index is -0.877. The summed E-state index contributed by atoms with van der Waals surface area (Å²) in [6.45, 7) is 0.668. The number of hydrogen-bond donors (Lipinski definition) is 6. The number of carbonyl (C=O) groups excluding carboxylic acids is 3. The Morgan fingerprint density at radius 2 is 1.91 bits per heavy atom. The summed E-state index contributed by atoms with van der Waals surface area (Å²) in [6.07, 6.45) is 3.18. The first-order valence-electron chi connectivity index (χ1n) is 10.7. The van der Waals surface area contributed by atoms with E-state index in [0.717, 1.165) is 18.4 Å². The van der Waals surface area contributed by atoms with Crippen LogP contribution < -0.4 is 27.8 Å². The molecular weight excluding hydrogens is 414 g/mol. The van der Waals surface area contributed by atoms with E-state index in [-0.39, 0.29) is 30.1 Å². The van der Waals surface area contributed by atoms with E-state index in [4.69, 9.17) is 17.2 Å². The second-order valence-electron chi connectivity index (χ2n) is 8.29. The summed E-state index contributed by atoms with van der Waals surface area (Å²) in [4.78, 5) is 43.4. The van der Waals surface area contributed by atoms with E-state index in [1.165, 1.54) is 0 Å². The molecule has 1 saturated heterocycles. The van der Waals surface area contributed by atoms with Crippen LogP contribution in [0.3, 0.4) is 0 Å². The van der Waals surface area contributed by atoms with Gasteiger partial charge in [0.1, 0.15) is 17.8 Å². The highest BCUT2D eigenvalue weighted by molar-refractivity contribution is 5.94. The van der Waals surface area contributed by atoms with Gasteiger partial charge in [0.15, 0.2) is 5.96 Å². The number of rotatable bonds is 10. The first-order valence-corrected chi connectivity index (χ1v) is 10.7. The number of carbonyl (C=O) groups is 3. The van der Waals surface area contributed by atoms with E-state index < -0.39 is 29.9 Å². The number of primary amides is 1. The Morgan fingerprint density at radius 3 is 2.50 bits per heavy atom. The van der Waals surface area contributed by atoms with Gasteiger partial charge >= 0.3 is 0 Å². The van der Waals surface area contributed by atoms with Gasteiger partial charge in [-0.05, 0) is 49.8 Å². The third kappa shape index (κ3) is 6.33. The highest BCUT2D eigenvalue weighted by Gasteiger charge is 2.44. The third-order valence-electron chi connectivity index (χ3n) is 5.72. The molecule has 1 aromatic rings. The van der Waals surface area contributed by atoms with Crippen molar-refractivity contribution in [2.24, 2.45) is 22.2 Å². The van der Waals surface area contributed by atoms with Gasteiger partial charge in [0.25, 0.3) is 0 Å². The molecule has 3 rings (SSSR count). The van der Waals surface area contributed by atoms with E-state index in [0.29, 0.717) is 25.9 Å². The molecule has 3 amide bonds. The lowest BCUT2D eigenvalue weighted by Gasteiger charge is -2.39. The van der Waals surface area contributed by atoms with Crippen LogP contribution in [0.25, 0.3) is 0 Å². The second-order valence-corrected chi connectivity index (χ2v) is 8.29. The van der Waals surface area contributed by atoms with Gasteiger partial charge in [0.2, 0.25) is 17.7 Å². The fourth-order valence-corrected chi connectivity index (χ4v) is 3.89. The number of nitrogens with one attached hydrogen (secondary N) is 2. The lowest BCUT2D eigenvalue weighted by atomic mass is 9.99. The molecule has 11 nitrogen and oxygen atoms in total. The van der Waals surface area contributed by atoms with Crippen LogP contribution in [0.5, 0.6) is 5.75 Å². The van der Waals surface area contributed by atoms with Gasteiger partial charge in [-0.1, -0.05) is 12.1 Å². The Hall–Kier alpha value is -3.34. The van der Waals surface area contributed by atoms with Crippen molar-refractivity contribution in [1.82, 2.24) is 15.5 Å². The fourth-order valence-electron chi connectivity index (χ4n) is 3.89. The molecule has 1 heterocycles. The summed E-state index contributed by atoms with van der Waals surface area (Å²) >= 11 is 0. The van der Waals surface area contributed by atoms with Crippen LogP contribution in [-0.2, 0) is 20.8 Å². The minimum absolute atomic E-state index is 0.0448. The van der Waals surface area contributed by atoms with E-state index in [2.05, 4.69) is 20.5 Å². The lowest BCUT2D eigenvalue weighted by molar-refractivity contribution is -0.138. The average molecular weight is 446 g/mol. The van der Waals surface area contributed by atoms with Crippen molar-refractivity contribution < 1.29 is 19.5 Å². The molecule has 1 aromatic carbocycles. The SMILES string of the molecule is NC(=O)[C@H](CCCN=C(N)N)NC(=O)[C@@H]1CN(C2CC2)[C@H](Cc2ccc(O)cc2)C(=O)N1. The van der Waals surface area contributed by atoms with Gasteiger partial charge in [0, 0.05) is 19.1 Å². The summed E-state index contributed by atoms with van der Waals surface area (Å²) in [7, 11) is 0. The Morgan fingerprint density at radius 1 is 1.22 bits per heavy atom. The predicted molar refractivity (Wildman–Crippen MR) is 118 cm³/mol. The van der Waals surface area contributed by atoms with Gasteiger partial charge < -0.3 is 32.9 Å². The molecule has 2 fully saturated rings. The maximum atomic E-state index is 12.9. The van der Waals surface area contributed by atoms with Crippen LogP contribution in [-0.4, -0.2) is 70.9 Å². The number of aromatic hydroxyl groups is 1. The summed E-state index contributed by atoms with van der Waals surface area (Å²) in [5.74, 6) is -1.22. The maximum absolute atomic E-state index is 12.9. The highest BCUT2D eigenvalue weighted by atomic mass is 16.3. The van der Waals surface area contributed by atoms with Gasteiger partial charge in [-0.2, -0.15) is 0 Å². The van der Waals surface area contributed by atoms with Crippen molar-refractivity contribution in [1.29, 1.82) is 0 Å². The molecule has 1 aliphatic heterocycles. The zero-order chi connectivity index (χ0) is 23.3. The Labute approximate surface area is 186 Å². The molecule has 174 valence electrons. The van der Waals surface area contributed by atoms with Crippen LogP contribution in [0.15, 0.2) is 29.3 Å². The van der Waals surface area contributed by atoms with Crippen LogP contribution in [0.4, 0.5) is 0 Å². The molecule has 0 aromatic heterocycles. The number of phenolic OH excluding ortho intramolecular Hbond substituents is 1. The van der Waals surface area contributed by atoms with Crippen LogP contribution in [0.2, 0.25) is 0 Å². The molecule has 1 aliphatic carbocycles. The van der Waals surface area contributed by atoms with Crippen LogP contribution >= 0.6 is 0 Å². The molecule has 3 atom stereocenters. The van der Waals surface area contributed by atoms with Crippen molar-refractivity contribution in [2.45, 2.75) is 56.3 Å². The van der Waals surface area contributed by atoms with E-state index in [9.17, 15) is 19.5 Å². The smallest absolute Gasteiger partial charge is 0.244 e. The van der Waals surface area contributed by atoms with E-state index in [1.54, 1.807) is 24.3 Å². The second kappa shape index (κ2) is 10.3. The summed E-state index contributed by atoms with van der Waals surface area (Å²) in [6, 6.07) is 4.94. The molecule has 11 heteroatoms. The fraction of sp³-hybridized carbons (Fsp3) is 0.524. The number of guanidine groups is 1. The zero-order valence-corrected chi connectivity index (χ0v) is 17.9. The number of hydrogen-bond acceptors (Lipinski definition) is 6. The number of phenols is 1. The van der Waals surface area contributed by atoms with Gasteiger partial charge in [0.05, 0.1) is 6.04 Å². The van der Waals surface area contributed by atoms with E-state index in [1.807, 2.05) is 0 Å². The van der Waals surface area contributed by atoms with Crippen molar-refractivity contribution in [3.63, 3.8) is 0 Å². The number of nitrogens with zero attached hydrogens (tertiary/aromatic N) is 2. The standard InChI is InChI=1S/C21H31N7O4/c22-18(30)15(2-1-9-25-21(23)24)26-19(31)16-11-28(13-5-6-13)17(20(32)27-16)10-12-3-7-14(29)8-4-12/h3-4,7-8,13,15-17,29H,1-2,5-6,9-11H2,(H2,22,30)(H,26,31)(H,27,32)(H4,23,24,25)/t15-,16-,17+/m0/s1. The topological polar surface area (TPSA) is 189 Å². The Balaban J connectivity index is 1.61. The van der Waals surface area contributed by atoms with Crippen LogP contribution in [0, 0.1) is 0 Å². The molecule has 0 spiro atoms. The van der Waals surface area contributed by atoms with Crippen molar-refractivity contribution in [2.75, 3.05) is 13.1 Å². The first-order chi connectivity index (χ1) is 15.2. The largest absolute Gasteiger partial charge is 0.508 e. The van der Waals surface area contributed by atoms with Gasteiger partial charge in [-0.25, -0.2) is 0 Å². The molecule has 0 radical (unpaired) electrons. The zero-order valence-electron chi connectivity index (χ0n) is 17.9. The Bertz CT molecular complexity index is 865. The minimum Gasteiger partial charge on any atom is -0.508 e. The number of benzene rings is 1. The monoisotopic (exact) mass is 445 g/mol. The molecule has 2 aliphatic rings. The summed E-state index contributed by atoms with van der Waals surface area (Å²) in [5, 5.41) is 14.9. The van der Waals surface area contributed by atoms with E-state index >= 15 is 0 Å². The van der Waals surface area contributed by atoms with Crippen molar-refractivity contribution >= 4 is 23.7 Å².